The lowest BCUT2D eigenvalue weighted by Gasteiger charge is -2.35. The maximum atomic E-state index is 12.9. The highest BCUT2D eigenvalue weighted by molar-refractivity contribution is 5.97. The van der Waals surface area contributed by atoms with Gasteiger partial charge in [-0.15, -0.1) is 0 Å². The van der Waals surface area contributed by atoms with Crippen LogP contribution in [0.25, 0.3) is 11.0 Å². The number of carbonyl (C=O) groups is 2. The lowest BCUT2D eigenvalue weighted by molar-refractivity contribution is -0.131. The van der Waals surface area contributed by atoms with Gasteiger partial charge >= 0.3 is 0 Å². The third kappa shape index (κ3) is 4.89. The molecule has 0 saturated carbocycles. The van der Waals surface area contributed by atoms with Gasteiger partial charge in [-0.05, 0) is 49.7 Å². The predicted molar refractivity (Wildman–Crippen MR) is 129 cm³/mol. The van der Waals surface area contributed by atoms with E-state index in [4.69, 9.17) is 9.26 Å². The first kappa shape index (κ1) is 22.6. The van der Waals surface area contributed by atoms with Crippen LogP contribution in [0.2, 0.25) is 0 Å². The van der Waals surface area contributed by atoms with E-state index < -0.39 is 0 Å². The molecule has 0 radical (unpaired) electrons. The molecule has 35 heavy (non-hydrogen) atoms. The van der Waals surface area contributed by atoms with Crippen molar-refractivity contribution in [1.29, 1.82) is 0 Å². The van der Waals surface area contributed by atoms with Gasteiger partial charge in [0.15, 0.2) is 0 Å². The van der Waals surface area contributed by atoms with E-state index in [2.05, 4.69) is 15.1 Å². The summed E-state index contributed by atoms with van der Waals surface area (Å²) in [4.78, 5) is 36.6. The Balaban J connectivity index is 1.11. The van der Waals surface area contributed by atoms with Crippen molar-refractivity contribution in [3.8, 4) is 5.75 Å². The van der Waals surface area contributed by atoms with Gasteiger partial charge in [-0.25, -0.2) is 4.98 Å². The van der Waals surface area contributed by atoms with Crippen molar-refractivity contribution in [2.24, 2.45) is 0 Å². The summed E-state index contributed by atoms with van der Waals surface area (Å²) >= 11 is 0. The molecule has 4 aromatic rings. The van der Waals surface area contributed by atoms with Crippen molar-refractivity contribution in [2.75, 3.05) is 26.2 Å². The number of ether oxygens (including phenoxy) is 1. The Morgan fingerprint density at radius 3 is 2.49 bits per heavy atom. The van der Waals surface area contributed by atoms with Gasteiger partial charge < -0.3 is 24.0 Å². The molecule has 0 unspecified atom stereocenters. The topological polar surface area (TPSA) is 105 Å². The van der Waals surface area contributed by atoms with Crippen molar-refractivity contribution in [2.45, 2.75) is 26.9 Å². The summed E-state index contributed by atoms with van der Waals surface area (Å²) in [6.07, 6.45) is 1.93. The number of nitrogens with zero attached hydrogens (tertiary/aromatic N) is 4. The molecule has 180 valence electrons. The number of H-pyrrole nitrogens is 1. The molecule has 2 aromatic heterocycles. The van der Waals surface area contributed by atoms with Crippen LogP contribution in [0.4, 0.5) is 0 Å². The van der Waals surface area contributed by atoms with E-state index >= 15 is 0 Å². The molecule has 1 aliphatic heterocycles. The average molecular weight is 474 g/mol. The van der Waals surface area contributed by atoms with E-state index in [-0.39, 0.29) is 11.8 Å². The molecule has 0 spiro atoms. The largest absolute Gasteiger partial charge is 0.489 e. The molecule has 1 aliphatic rings. The van der Waals surface area contributed by atoms with E-state index in [1.54, 1.807) is 17.3 Å². The molecule has 5 rings (SSSR count). The minimum Gasteiger partial charge on any atom is -0.489 e. The van der Waals surface area contributed by atoms with Crippen LogP contribution < -0.4 is 4.74 Å². The predicted octanol–water partition coefficient (Wildman–Crippen LogP) is 3.27. The second-order valence-electron chi connectivity index (χ2n) is 8.72. The van der Waals surface area contributed by atoms with Crippen LogP contribution in [0.15, 0.2) is 53.3 Å². The summed E-state index contributed by atoms with van der Waals surface area (Å²) < 4.78 is 11.0. The van der Waals surface area contributed by atoms with Gasteiger partial charge in [-0.1, -0.05) is 17.3 Å². The fourth-order valence-electron chi connectivity index (χ4n) is 4.26. The van der Waals surface area contributed by atoms with Crippen LogP contribution in [0.5, 0.6) is 5.75 Å². The second kappa shape index (κ2) is 9.61. The highest BCUT2D eigenvalue weighted by Gasteiger charge is 2.25. The number of aryl methyl sites for hydroxylation is 2. The van der Waals surface area contributed by atoms with Crippen LogP contribution in [-0.4, -0.2) is 62.9 Å². The lowest BCUT2D eigenvalue weighted by atomic mass is 10.1. The van der Waals surface area contributed by atoms with E-state index in [0.717, 1.165) is 39.4 Å². The van der Waals surface area contributed by atoms with Crippen molar-refractivity contribution in [1.82, 2.24) is 24.9 Å². The number of aromatic amines is 1. The van der Waals surface area contributed by atoms with Crippen LogP contribution >= 0.6 is 0 Å². The van der Waals surface area contributed by atoms with Crippen LogP contribution in [-0.2, 0) is 17.8 Å². The normalized spacial score (nSPS) is 13.9. The van der Waals surface area contributed by atoms with E-state index in [1.807, 2.05) is 55.1 Å². The Morgan fingerprint density at radius 1 is 1.03 bits per heavy atom. The number of fused-ring (bicyclic) bond motifs is 1. The molecule has 3 heterocycles. The fraction of sp³-hybridized carbons (Fsp3) is 0.308. The lowest BCUT2D eigenvalue weighted by Crippen LogP contribution is -2.51. The minimum absolute atomic E-state index is 0.0271. The molecular weight excluding hydrogens is 446 g/mol. The van der Waals surface area contributed by atoms with Crippen molar-refractivity contribution in [3.63, 3.8) is 0 Å². The summed E-state index contributed by atoms with van der Waals surface area (Å²) in [6, 6.07) is 13.0. The van der Waals surface area contributed by atoms with E-state index in [1.165, 1.54) is 0 Å². The smallest absolute Gasteiger partial charge is 0.254 e. The number of imidazole rings is 1. The van der Waals surface area contributed by atoms with Gasteiger partial charge in [-0.3, -0.25) is 9.59 Å². The number of nitrogens with one attached hydrogen (secondary N) is 1. The molecule has 0 atom stereocenters. The van der Waals surface area contributed by atoms with Gasteiger partial charge in [-0.2, -0.15) is 0 Å². The molecule has 2 aromatic carbocycles. The number of hydrogen-bond acceptors (Lipinski definition) is 6. The molecular formula is C26H27N5O4. The molecule has 1 N–H and O–H groups in total. The standard InChI is InChI=1S/C26H27N5O4/c1-17-22(18(2)35-29-17)15-34-21-6-3-19(4-7-21)13-25(32)30-9-11-31(12-10-30)26(33)20-5-8-23-24(14-20)28-16-27-23/h3-8,14,16H,9-13,15H2,1-2H3,(H,27,28). The molecule has 9 heteroatoms. The number of carbonyl (C=O) groups excluding carboxylic acids is 2. The summed E-state index contributed by atoms with van der Waals surface area (Å²) in [6.45, 7) is 6.21. The Bertz CT molecular complexity index is 1330. The number of rotatable bonds is 6. The molecule has 1 saturated heterocycles. The number of benzene rings is 2. The molecule has 2 amide bonds. The van der Waals surface area contributed by atoms with Crippen LogP contribution in [0.1, 0.15) is 32.9 Å². The van der Waals surface area contributed by atoms with Gasteiger partial charge in [0, 0.05) is 31.7 Å². The number of aromatic nitrogens is 3. The highest BCUT2D eigenvalue weighted by atomic mass is 16.5. The van der Waals surface area contributed by atoms with Crippen molar-refractivity contribution in [3.05, 3.63) is 76.9 Å². The van der Waals surface area contributed by atoms with Gasteiger partial charge in [0.05, 0.1) is 35.0 Å². The monoisotopic (exact) mass is 473 g/mol. The van der Waals surface area contributed by atoms with Gasteiger partial charge in [0.25, 0.3) is 5.91 Å². The fourth-order valence-corrected chi connectivity index (χ4v) is 4.26. The first-order chi connectivity index (χ1) is 17.0. The van der Waals surface area contributed by atoms with Crippen LogP contribution in [0, 0.1) is 13.8 Å². The van der Waals surface area contributed by atoms with Crippen LogP contribution in [0.3, 0.4) is 0 Å². The molecule has 1 fully saturated rings. The number of hydrogen-bond donors (Lipinski definition) is 1. The zero-order valence-corrected chi connectivity index (χ0v) is 19.8. The maximum Gasteiger partial charge on any atom is 0.254 e. The van der Waals surface area contributed by atoms with Gasteiger partial charge in [0.1, 0.15) is 18.1 Å². The second-order valence-corrected chi connectivity index (χ2v) is 8.72. The molecule has 9 nitrogen and oxygen atoms in total. The third-order valence-corrected chi connectivity index (χ3v) is 6.43. The number of amides is 2. The molecule has 0 bridgehead atoms. The van der Waals surface area contributed by atoms with Gasteiger partial charge in [0.2, 0.25) is 5.91 Å². The average Bonchev–Trinajstić information content (AvgIpc) is 3.48. The zero-order valence-electron chi connectivity index (χ0n) is 19.8. The Hall–Kier alpha value is -4.14. The van der Waals surface area contributed by atoms with E-state index in [0.29, 0.717) is 44.8 Å². The van der Waals surface area contributed by atoms with E-state index in [9.17, 15) is 9.59 Å². The quantitative estimate of drug-likeness (QED) is 0.461. The summed E-state index contributed by atoms with van der Waals surface area (Å²) in [5.74, 6) is 1.51. The summed E-state index contributed by atoms with van der Waals surface area (Å²) in [5, 5.41) is 3.94. The first-order valence-electron chi connectivity index (χ1n) is 11.6. The zero-order chi connectivity index (χ0) is 24.4. The Morgan fingerprint density at radius 2 is 1.77 bits per heavy atom. The minimum atomic E-state index is -0.0271. The number of piperazine rings is 1. The Labute approximate surface area is 202 Å². The van der Waals surface area contributed by atoms with Crippen molar-refractivity contribution < 1.29 is 18.8 Å². The van der Waals surface area contributed by atoms with Crippen molar-refractivity contribution >= 4 is 22.8 Å². The summed E-state index contributed by atoms with van der Waals surface area (Å²) in [5.41, 5.74) is 4.99. The maximum absolute atomic E-state index is 12.9. The molecule has 0 aliphatic carbocycles. The highest BCUT2D eigenvalue weighted by Crippen LogP contribution is 2.19. The summed E-state index contributed by atoms with van der Waals surface area (Å²) in [7, 11) is 0. The third-order valence-electron chi connectivity index (χ3n) is 6.43. The Kier molecular flexibility index (Phi) is 6.22. The first-order valence-corrected chi connectivity index (χ1v) is 11.6. The SMILES string of the molecule is Cc1noc(C)c1COc1ccc(CC(=O)N2CCN(C(=O)c3ccc4nc[nH]c4c3)CC2)cc1.